The average Bonchev–Trinajstić information content (AvgIpc) is 2.68. The minimum absolute atomic E-state index is 0.0618. The molecule has 1 aliphatic heterocycles. The minimum Gasteiger partial charge on any atom is -0.486 e. The van der Waals surface area contributed by atoms with Crippen molar-refractivity contribution in [2.45, 2.75) is 25.6 Å². The molecule has 0 bridgehead atoms. The molecular formula is C19H16ClN5O2. The molecule has 0 radical (unpaired) electrons. The Morgan fingerprint density at radius 1 is 1.37 bits per heavy atom. The summed E-state index contributed by atoms with van der Waals surface area (Å²) in [7, 11) is 0. The van der Waals surface area contributed by atoms with Crippen molar-refractivity contribution in [1.82, 2.24) is 19.9 Å². The number of H-pyrrole nitrogens is 1. The van der Waals surface area contributed by atoms with E-state index < -0.39 is 0 Å². The lowest BCUT2D eigenvalue weighted by molar-refractivity contribution is -0.0415. The average molecular weight is 382 g/mol. The van der Waals surface area contributed by atoms with E-state index in [0.29, 0.717) is 29.0 Å². The highest BCUT2D eigenvalue weighted by atomic mass is 35.5. The summed E-state index contributed by atoms with van der Waals surface area (Å²) in [5, 5.41) is 8.92. The van der Waals surface area contributed by atoms with Gasteiger partial charge in [0.15, 0.2) is 0 Å². The zero-order valence-corrected chi connectivity index (χ0v) is 15.3. The molecule has 4 rings (SSSR count). The van der Waals surface area contributed by atoms with Crippen molar-refractivity contribution >= 4 is 22.6 Å². The van der Waals surface area contributed by atoms with E-state index >= 15 is 0 Å². The predicted molar refractivity (Wildman–Crippen MR) is 101 cm³/mol. The number of ether oxygens (including phenoxy) is 1. The second-order valence-electron chi connectivity index (χ2n) is 6.54. The second-order valence-corrected chi connectivity index (χ2v) is 6.95. The number of nitrogens with one attached hydrogen (secondary N) is 1. The lowest BCUT2D eigenvalue weighted by atomic mass is 10.00. The molecule has 0 aromatic carbocycles. The largest absolute Gasteiger partial charge is 0.486 e. The lowest BCUT2D eigenvalue weighted by Gasteiger charge is -2.45. The number of pyridine rings is 3. The summed E-state index contributed by atoms with van der Waals surface area (Å²) in [5.74, 6) is 0.660. The third kappa shape index (κ3) is 3.50. The summed E-state index contributed by atoms with van der Waals surface area (Å²) in [6.07, 6.45) is 3.43. The molecule has 0 saturated carbocycles. The molecule has 27 heavy (non-hydrogen) atoms. The molecule has 1 aliphatic rings. The van der Waals surface area contributed by atoms with Gasteiger partial charge in [0.25, 0.3) is 5.56 Å². The van der Waals surface area contributed by atoms with Gasteiger partial charge in [0, 0.05) is 25.3 Å². The zero-order valence-electron chi connectivity index (χ0n) is 14.5. The van der Waals surface area contributed by atoms with Crippen molar-refractivity contribution in [3.63, 3.8) is 0 Å². The van der Waals surface area contributed by atoms with Crippen molar-refractivity contribution in [2.75, 3.05) is 6.54 Å². The van der Waals surface area contributed by atoms with E-state index in [9.17, 15) is 4.79 Å². The number of aromatic nitrogens is 3. The van der Waals surface area contributed by atoms with Gasteiger partial charge < -0.3 is 9.72 Å². The fourth-order valence-corrected chi connectivity index (χ4v) is 3.26. The van der Waals surface area contributed by atoms with Gasteiger partial charge in [-0.3, -0.25) is 14.7 Å². The van der Waals surface area contributed by atoms with Gasteiger partial charge in [-0.2, -0.15) is 5.26 Å². The van der Waals surface area contributed by atoms with Gasteiger partial charge in [0.2, 0.25) is 0 Å². The standard InChI is InChI=1S/C19H16ClN5O2/c1-11-18(27-14-3-2-13(6-21)22-8-14)10-25(11)9-12-4-17-16(23-7-12)5-15(20)19(26)24-17/h2-5,7-8,11,18H,9-10H2,1H3,(H,24,26)/t11-,18+/m1/s1. The second kappa shape index (κ2) is 6.99. The molecule has 0 aliphatic carbocycles. The maximum absolute atomic E-state index is 11.7. The Kier molecular flexibility index (Phi) is 4.52. The van der Waals surface area contributed by atoms with Crippen LogP contribution in [0.1, 0.15) is 18.2 Å². The van der Waals surface area contributed by atoms with Gasteiger partial charge in [-0.1, -0.05) is 11.6 Å². The molecule has 0 amide bonds. The van der Waals surface area contributed by atoms with Crippen LogP contribution in [-0.4, -0.2) is 38.5 Å². The van der Waals surface area contributed by atoms with Crippen LogP contribution in [0.15, 0.2) is 41.5 Å². The van der Waals surface area contributed by atoms with Crippen LogP contribution in [-0.2, 0) is 6.54 Å². The molecule has 3 aromatic rings. The molecule has 1 saturated heterocycles. The maximum atomic E-state index is 11.7. The molecule has 7 nitrogen and oxygen atoms in total. The quantitative estimate of drug-likeness (QED) is 0.746. The summed E-state index contributed by atoms with van der Waals surface area (Å²) in [4.78, 5) is 25.1. The fourth-order valence-electron chi connectivity index (χ4n) is 3.10. The highest BCUT2D eigenvalue weighted by molar-refractivity contribution is 6.30. The van der Waals surface area contributed by atoms with Crippen LogP contribution >= 0.6 is 11.6 Å². The molecule has 4 heterocycles. The molecule has 0 spiro atoms. The summed E-state index contributed by atoms with van der Waals surface area (Å²) in [6, 6.07) is 9.11. The Hall–Kier alpha value is -2.95. The maximum Gasteiger partial charge on any atom is 0.267 e. The number of nitrogens with zero attached hydrogens (tertiary/aromatic N) is 4. The van der Waals surface area contributed by atoms with Gasteiger partial charge in [0.1, 0.15) is 28.6 Å². The van der Waals surface area contributed by atoms with Gasteiger partial charge in [0.05, 0.1) is 17.2 Å². The van der Waals surface area contributed by atoms with Crippen molar-refractivity contribution in [2.24, 2.45) is 0 Å². The first kappa shape index (κ1) is 17.5. The first-order valence-electron chi connectivity index (χ1n) is 8.48. The first-order valence-corrected chi connectivity index (χ1v) is 8.85. The topological polar surface area (TPSA) is 94.9 Å². The van der Waals surface area contributed by atoms with E-state index in [4.69, 9.17) is 21.6 Å². The number of hydrogen-bond donors (Lipinski definition) is 1. The highest BCUT2D eigenvalue weighted by Gasteiger charge is 2.37. The number of fused-ring (bicyclic) bond motifs is 1. The Balaban J connectivity index is 1.41. The highest BCUT2D eigenvalue weighted by Crippen LogP contribution is 2.26. The number of aromatic amines is 1. The van der Waals surface area contributed by atoms with E-state index in [1.807, 2.05) is 12.1 Å². The summed E-state index contributed by atoms with van der Waals surface area (Å²) >= 11 is 5.84. The number of halogens is 1. The SMILES string of the molecule is C[C@@H]1[C@@H](Oc2ccc(C#N)nc2)CN1Cc1cnc2cc(Cl)c(=O)[nH]c2c1. The van der Waals surface area contributed by atoms with Gasteiger partial charge in [-0.25, -0.2) is 4.98 Å². The van der Waals surface area contributed by atoms with Crippen LogP contribution in [0.2, 0.25) is 5.02 Å². The molecule has 8 heteroatoms. The van der Waals surface area contributed by atoms with Crippen molar-refractivity contribution in [3.05, 3.63) is 63.3 Å². The first-order chi connectivity index (χ1) is 13.0. The number of nitriles is 1. The van der Waals surface area contributed by atoms with E-state index in [0.717, 1.165) is 12.1 Å². The van der Waals surface area contributed by atoms with E-state index in [2.05, 4.69) is 26.8 Å². The van der Waals surface area contributed by atoms with Crippen molar-refractivity contribution in [1.29, 1.82) is 5.26 Å². The van der Waals surface area contributed by atoms with E-state index in [-0.39, 0.29) is 22.7 Å². The summed E-state index contributed by atoms with van der Waals surface area (Å²) in [6.45, 7) is 3.58. The number of likely N-dealkylation sites (tertiary alicyclic amines) is 1. The number of rotatable bonds is 4. The van der Waals surface area contributed by atoms with Gasteiger partial charge >= 0.3 is 0 Å². The Labute approximate surface area is 160 Å². The van der Waals surface area contributed by atoms with Gasteiger partial charge in [-0.05, 0) is 36.8 Å². The normalized spacial score (nSPS) is 19.4. The Morgan fingerprint density at radius 2 is 2.22 bits per heavy atom. The fraction of sp³-hybridized carbons (Fsp3) is 0.263. The molecule has 2 atom stereocenters. The monoisotopic (exact) mass is 381 g/mol. The molecule has 3 aromatic heterocycles. The molecule has 136 valence electrons. The molecule has 1 fully saturated rings. The molecule has 0 unspecified atom stereocenters. The van der Waals surface area contributed by atoms with Crippen LogP contribution < -0.4 is 10.3 Å². The third-order valence-electron chi connectivity index (χ3n) is 4.76. The van der Waals surface area contributed by atoms with Gasteiger partial charge in [-0.15, -0.1) is 0 Å². The smallest absolute Gasteiger partial charge is 0.267 e. The number of hydrogen-bond acceptors (Lipinski definition) is 6. The predicted octanol–water partition coefficient (Wildman–Crippen LogP) is 2.49. The van der Waals surface area contributed by atoms with Crippen molar-refractivity contribution < 1.29 is 4.74 Å². The van der Waals surface area contributed by atoms with Crippen LogP contribution in [0.25, 0.3) is 11.0 Å². The Bertz CT molecular complexity index is 1090. The summed E-state index contributed by atoms with van der Waals surface area (Å²) in [5.41, 5.74) is 2.39. The van der Waals surface area contributed by atoms with Crippen LogP contribution in [0.5, 0.6) is 5.75 Å². The van der Waals surface area contributed by atoms with Crippen LogP contribution in [0.4, 0.5) is 0 Å². The van der Waals surface area contributed by atoms with Crippen LogP contribution in [0, 0.1) is 11.3 Å². The minimum atomic E-state index is -0.315. The van der Waals surface area contributed by atoms with Crippen molar-refractivity contribution in [3.8, 4) is 11.8 Å². The van der Waals surface area contributed by atoms with E-state index in [1.54, 1.807) is 30.6 Å². The van der Waals surface area contributed by atoms with E-state index in [1.165, 1.54) is 0 Å². The zero-order chi connectivity index (χ0) is 19.0. The molecule has 1 N–H and O–H groups in total. The summed E-state index contributed by atoms with van der Waals surface area (Å²) < 4.78 is 5.94. The third-order valence-corrected chi connectivity index (χ3v) is 5.04. The lowest BCUT2D eigenvalue weighted by Crippen LogP contribution is -2.60. The van der Waals surface area contributed by atoms with Crippen LogP contribution in [0.3, 0.4) is 0 Å². The Morgan fingerprint density at radius 3 is 2.93 bits per heavy atom. The molecular weight excluding hydrogens is 366 g/mol.